The van der Waals surface area contributed by atoms with Gasteiger partial charge in [-0.25, -0.2) is 4.68 Å². The first kappa shape index (κ1) is 16.6. The van der Waals surface area contributed by atoms with Gasteiger partial charge in [-0.05, 0) is 66.9 Å². The van der Waals surface area contributed by atoms with Crippen LogP contribution in [0.15, 0.2) is 30.6 Å². The molecule has 1 N–H and O–H groups in total. The minimum atomic E-state index is 0.220. The predicted octanol–water partition coefficient (Wildman–Crippen LogP) is 1.05. The van der Waals surface area contributed by atoms with Crippen molar-refractivity contribution in [2.75, 3.05) is 26.7 Å². The van der Waals surface area contributed by atoms with Crippen molar-refractivity contribution < 1.29 is 4.79 Å². The van der Waals surface area contributed by atoms with E-state index in [9.17, 15) is 4.79 Å². The van der Waals surface area contributed by atoms with E-state index in [-0.39, 0.29) is 5.91 Å². The van der Waals surface area contributed by atoms with Gasteiger partial charge in [0.1, 0.15) is 6.33 Å². The third-order valence-corrected chi connectivity index (χ3v) is 4.68. The largest absolute Gasteiger partial charge is 0.342 e. The number of carbonyl (C=O) groups is 1. The van der Waals surface area contributed by atoms with Gasteiger partial charge in [0.2, 0.25) is 5.91 Å². The minimum Gasteiger partial charge on any atom is -0.342 e. The lowest BCUT2D eigenvalue weighted by atomic mass is 9.93. The molecule has 1 aromatic heterocycles. The summed E-state index contributed by atoms with van der Waals surface area (Å²) in [4.78, 5) is 14.5. The number of rotatable bonds is 6. The molecule has 1 amide bonds. The van der Waals surface area contributed by atoms with Gasteiger partial charge in [-0.1, -0.05) is 12.1 Å². The quantitative estimate of drug-likeness (QED) is 0.858. The monoisotopic (exact) mass is 328 g/mol. The highest BCUT2D eigenvalue weighted by atomic mass is 16.2. The molecule has 0 spiro atoms. The number of carbonyl (C=O) groups excluding carboxylic acids is 1. The summed E-state index contributed by atoms with van der Waals surface area (Å²) in [5, 5.41) is 14.3. The number of benzene rings is 1. The van der Waals surface area contributed by atoms with Crippen LogP contribution in [0.4, 0.5) is 0 Å². The van der Waals surface area contributed by atoms with Crippen molar-refractivity contribution in [1.29, 1.82) is 0 Å². The zero-order valence-electron chi connectivity index (χ0n) is 14.1. The third-order valence-electron chi connectivity index (χ3n) is 4.68. The average molecular weight is 328 g/mol. The normalized spacial score (nSPS) is 15.6. The first-order chi connectivity index (χ1) is 11.8. The van der Waals surface area contributed by atoms with Crippen molar-refractivity contribution in [3.8, 4) is 5.69 Å². The highest BCUT2D eigenvalue weighted by molar-refractivity contribution is 5.78. The van der Waals surface area contributed by atoms with Crippen LogP contribution in [0, 0.1) is 5.92 Å². The highest BCUT2D eigenvalue weighted by Gasteiger charge is 2.22. The standard InChI is InChI=1S/C17H24N6O/c1-18-9-6-14-7-10-22(11-8-14)17(24)12-15-2-4-16(5-3-15)23-13-19-20-21-23/h2-5,13-14,18H,6-12H2,1H3. The van der Waals surface area contributed by atoms with Gasteiger partial charge in [0.15, 0.2) is 0 Å². The second kappa shape index (κ2) is 8.01. The number of tetrazole rings is 1. The second-order valence-electron chi connectivity index (χ2n) is 6.31. The first-order valence-corrected chi connectivity index (χ1v) is 8.51. The lowest BCUT2D eigenvalue weighted by Gasteiger charge is -2.32. The molecular weight excluding hydrogens is 304 g/mol. The summed E-state index contributed by atoms with van der Waals surface area (Å²) in [6.07, 6.45) is 5.45. The van der Waals surface area contributed by atoms with Crippen LogP contribution in [0.3, 0.4) is 0 Å². The summed E-state index contributed by atoms with van der Waals surface area (Å²) < 4.78 is 1.60. The van der Waals surface area contributed by atoms with Gasteiger partial charge in [0.05, 0.1) is 12.1 Å². The van der Waals surface area contributed by atoms with Crippen LogP contribution in [0.5, 0.6) is 0 Å². The van der Waals surface area contributed by atoms with E-state index < -0.39 is 0 Å². The van der Waals surface area contributed by atoms with Gasteiger partial charge in [0, 0.05) is 13.1 Å². The van der Waals surface area contributed by atoms with Crippen LogP contribution in [-0.2, 0) is 11.2 Å². The van der Waals surface area contributed by atoms with E-state index in [1.165, 1.54) is 6.42 Å². The van der Waals surface area contributed by atoms with E-state index in [0.717, 1.165) is 49.6 Å². The Morgan fingerprint density at radius 1 is 1.25 bits per heavy atom. The summed E-state index contributed by atoms with van der Waals surface area (Å²) in [6.45, 7) is 2.83. The highest BCUT2D eigenvalue weighted by Crippen LogP contribution is 2.20. The first-order valence-electron chi connectivity index (χ1n) is 8.51. The summed E-state index contributed by atoms with van der Waals surface area (Å²) in [5.74, 6) is 0.967. The molecule has 0 saturated carbocycles. The fraction of sp³-hybridized carbons (Fsp3) is 0.529. The number of hydrogen-bond donors (Lipinski definition) is 1. The number of piperidine rings is 1. The van der Waals surface area contributed by atoms with E-state index in [1.54, 1.807) is 11.0 Å². The molecular formula is C17H24N6O. The Bertz CT molecular complexity index is 632. The van der Waals surface area contributed by atoms with Gasteiger partial charge < -0.3 is 10.2 Å². The molecule has 1 fully saturated rings. The maximum atomic E-state index is 12.5. The Morgan fingerprint density at radius 2 is 2.00 bits per heavy atom. The number of amides is 1. The molecule has 0 bridgehead atoms. The van der Waals surface area contributed by atoms with Gasteiger partial charge in [0.25, 0.3) is 0 Å². The lowest BCUT2D eigenvalue weighted by Crippen LogP contribution is -2.39. The Balaban J connectivity index is 1.50. The number of aromatic nitrogens is 4. The average Bonchev–Trinajstić information content (AvgIpc) is 3.15. The van der Waals surface area contributed by atoms with E-state index in [4.69, 9.17) is 0 Å². The molecule has 2 heterocycles. The van der Waals surface area contributed by atoms with Crippen molar-refractivity contribution in [2.24, 2.45) is 5.92 Å². The minimum absolute atomic E-state index is 0.220. The summed E-state index contributed by atoms with van der Waals surface area (Å²) in [5.41, 5.74) is 1.91. The molecule has 1 aliphatic heterocycles. The fourth-order valence-electron chi connectivity index (χ4n) is 3.15. The van der Waals surface area contributed by atoms with E-state index >= 15 is 0 Å². The molecule has 0 unspecified atom stereocenters. The maximum absolute atomic E-state index is 12.5. The van der Waals surface area contributed by atoms with Crippen LogP contribution >= 0.6 is 0 Å². The van der Waals surface area contributed by atoms with Gasteiger partial charge >= 0.3 is 0 Å². The van der Waals surface area contributed by atoms with Crippen LogP contribution in [-0.4, -0.2) is 57.7 Å². The third kappa shape index (κ3) is 4.17. The molecule has 0 aliphatic carbocycles. The summed E-state index contributed by atoms with van der Waals surface area (Å²) in [7, 11) is 1.99. The number of nitrogens with one attached hydrogen (secondary N) is 1. The van der Waals surface area contributed by atoms with Crippen LogP contribution in [0.2, 0.25) is 0 Å². The van der Waals surface area contributed by atoms with Gasteiger partial charge in [-0.3, -0.25) is 4.79 Å². The molecule has 0 atom stereocenters. The SMILES string of the molecule is CNCCC1CCN(C(=O)Cc2ccc(-n3cnnn3)cc2)CC1. The second-order valence-corrected chi connectivity index (χ2v) is 6.31. The van der Waals surface area contributed by atoms with Crippen molar-refractivity contribution in [2.45, 2.75) is 25.7 Å². The molecule has 0 radical (unpaired) electrons. The molecule has 3 rings (SSSR count). The molecule has 1 aliphatic rings. The maximum Gasteiger partial charge on any atom is 0.226 e. The number of hydrogen-bond acceptors (Lipinski definition) is 5. The van der Waals surface area contributed by atoms with Crippen LogP contribution in [0.1, 0.15) is 24.8 Å². The number of nitrogens with zero attached hydrogens (tertiary/aromatic N) is 5. The van der Waals surface area contributed by atoms with Crippen LogP contribution in [0.25, 0.3) is 5.69 Å². The Labute approximate surface area is 142 Å². The van der Waals surface area contributed by atoms with Gasteiger partial charge in [-0.2, -0.15) is 0 Å². The van der Waals surface area contributed by atoms with E-state index in [1.807, 2.05) is 36.2 Å². The lowest BCUT2D eigenvalue weighted by molar-refractivity contribution is -0.131. The summed E-state index contributed by atoms with van der Waals surface area (Å²) >= 11 is 0. The molecule has 2 aromatic rings. The Kier molecular flexibility index (Phi) is 5.53. The fourth-order valence-corrected chi connectivity index (χ4v) is 3.15. The topological polar surface area (TPSA) is 75.9 Å². The molecule has 24 heavy (non-hydrogen) atoms. The molecule has 7 heteroatoms. The molecule has 7 nitrogen and oxygen atoms in total. The van der Waals surface area contributed by atoms with Crippen molar-refractivity contribution in [3.05, 3.63) is 36.2 Å². The van der Waals surface area contributed by atoms with Gasteiger partial charge in [-0.15, -0.1) is 5.10 Å². The van der Waals surface area contributed by atoms with Crippen LogP contribution < -0.4 is 5.32 Å². The predicted molar refractivity (Wildman–Crippen MR) is 90.7 cm³/mol. The van der Waals surface area contributed by atoms with Crippen molar-refractivity contribution in [3.63, 3.8) is 0 Å². The zero-order chi connectivity index (χ0) is 16.8. The van der Waals surface area contributed by atoms with Crippen molar-refractivity contribution >= 4 is 5.91 Å². The molecule has 1 aromatic carbocycles. The van der Waals surface area contributed by atoms with Crippen molar-refractivity contribution in [1.82, 2.24) is 30.4 Å². The summed E-state index contributed by atoms with van der Waals surface area (Å²) in [6, 6.07) is 7.80. The molecule has 128 valence electrons. The Morgan fingerprint density at radius 3 is 2.62 bits per heavy atom. The Hall–Kier alpha value is -2.28. The van der Waals surface area contributed by atoms with E-state index in [2.05, 4.69) is 20.8 Å². The smallest absolute Gasteiger partial charge is 0.226 e. The number of likely N-dealkylation sites (tertiary alicyclic amines) is 1. The van der Waals surface area contributed by atoms with E-state index in [0.29, 0.717) is 6.42 Å². The zero-order valence-corrected chi connectivity index (χ0v) is 14.1. The molecule has 1 saturated heterocycles.